The van der Waals surface area contributed by atoms with E-state index in [1.54, 1.807) is 0 Å². The SMILES string of the molecule is CC1CC(CN)CN1c1nc2c(cc1C#N)CCC2. The first-order valence-electron chi connectivity index (χ1n) is 7.12. The molecule has 4 heteroatoms. The summed E-state index contributed by atoms with van der Waals surface area (Å²) in [6.07, 6.45) is 4.38. The van der Waals surface area contributed by atoms with Crippen LogP contribution in [0.3, 0.4) is 0 Å². The van der Waals surface area contributed by atoms with Crippen molar-refractivity contribution in [1.29, 1.82) is 5.26 Å². The second-order valence-corrected chi connectivity index (χ2v) is 5.77. The summed E-state index contributed by atoms with van der Waals surface area (Å²) in [7, 11) is 0. The third-order valence-electron chi connectivity index (χ3n) is 4.42. The molecule has 0 spiro atoms. The summed E-state index contributed by atoms with van der Waals surface area (Å²) in [6.45, 7) is 3.84. The van der Waals surface area contributed by atoms with Crippen LogP contribution in [0.15, 0.2) is 6.07 Å². The minimum Gasteiger partial charge on any atom is -0.352 e. The van der Waals surface area contributed by atoms with Crippen molar-refractivity contribution >= 4 is 5.82 Å². The number of pyridine rings is 1. The van der Waals surface area contributed by atoms with Crippen LogP contribution in [-0.2, 0) is 12.8 Å². The largest absolute Gasteiger partial charge is 0.352 e. The number of hydrogen-bond acceptors (Lipinski definition) is 4. The van der Waals surface area contributed by atoms with Crippen LogP contribution in [-0.4, -0.2) is 24.1 Å². The van der Waals surface area contributed by atoms with Crippen molar-refractivity contribution in [3.63, 3.8) is 0 Å². The predicted octanol–water partition coefficient (Wildman–Crippen LogP) is 1.62. The Balaban J connectivity index is 1.98. The van der Waals surface area contributed by atoms with Crippen molar-refractivity contribution in [2.45, 2.75) is 38.6 Å². The zero-order chi connectivity index (χ0) is 13.4. The van der Waals surface area contributed by atoms with Crippen LogP contribution < -0.4 is 10.6 Å². The molecule has 3 rings (SSSR count). The van der Waals surface area contributed by atoms with E-state index in [0.29, 0.717) is 18.5 Å². The maximum Gasteiger partial charge on any atom is 0.147 e. The molecule has 2 N–H and O–H groups in total. The van der Waals surface area contributed by atoms with E-state index >= 15 is 0 Å². The maximum atomic E-state index is 9.38. The van der Waals surface area contributed by atoms with E-state index < -0.39 is 0 Å². The molecule has 100 valence electrons. The number of nitriles is 1. The molecule has 2 heterocycles. The molecule has 1 aromatic heterocycles. The van der Waals surface area contributed by atoms with Crippen LogP contribution >= 0.6 is 0 Å². The van der Waals surface area contributed by atoms with Gasteiger partial charge in [0.1, 0.15) is 11.9 Å². The molecule has 19 heavy (non-hydrogen) atoms. The third kappa shape index (κ3) is 2.08. The standard InChI is InChI=1S/C15H20N4/c1-10-5-11(7-16)9-19(10)15-13(8-17)6-12-3-2-4-14(12)18-15/h6,10-11H,2-5,7,9,16H2,1H3. The third-order valence-corrected chi connectivity index (χ3v) is 4.42. The Morgan fingerprint density at radius 2 is 2.37 bits per heavy atom. The number of hydrogen-bond donors (Lipinski definition) is 1. The van der Waals surface area contributed by atoms with Crippen molar-refractivity contribution in [2.24, 2.45) is 11.7 Å². The Morgan fingerprint density at radius 3 is 3.05 bits per heavy atom. The molecule has 0 aromatic carbocycles. The van der Waals surface area contributed by atoms with Gasteiger partial charge in [0.05, 0.1) is 5.56 Å². The molecular weight excluding hydrogens is 236 g/mol. The Morgan fingerprint density at radius 1 is 1.53 bits per heavy atom. The average Bonchev–Trinajstić information content (AvgIpc) is 3.02. The lowest BCUT2D eigenvalue weighted by atomic mass is 10.1. The summed E-state index contributed by atoms with van der Waals surface area (Å²) < 4.78 is 0. The lowest BCUT2D eigenvalue weighted by Gasteiger charge is -2.24. The number of nitrogens with two attached hydrogens (primary N) is 1. The maximum absolute atomic E-state index is 9.38. The number of anilines is 1. The Hall–Kier alpha value is -1.60. The summed E-state index contributed by atoms with van der Waals surface area (Å²) >= 11 is 0. The molecule has 2 atom stereocenters. The summed E-state index contributed by atoms with van der Waals surface area (Å²) in [5, 5.41) is 9.38. The molecule has 1 aliphatic heterocycles. The zero-order valence-electron chi connectivity index (χ0n) is 11.4. The highest BCUT2D eigenvalue weighted by Crippen LogP contribution is 2.32. The van der Waals surface area contributed by atoms with E-state index in [1.807, 2.05) is 6.07 Å². The highest BCUT2D eigenvalue weighted by atomic mass is 15.2. The van der Waals surface area contributed by atoms with Crippen LogP contribution in [0.5, 0.6) is 0 Å². The van der Waals surface area contributed by atoms with E-state index in [1.165, 1.54) is 11.3 Å². The molecule has 0 bridgehead atoms. The summed E-state index contributed by atoms with van der Waals surface area (Å²) in [6, 6.07) is 4.79. The van der Waals surface area contributed by atoms with Crippen molar-refractivity contribution in [3.05, 3.63) is 22.9 Å². The number of aryl methyl sites for hydroxylation is 2. The summed E-state index contributed by atoms with van der Waals surface area (Å²) in [5.74, 6) is 1.41. The van der Waals surface area contributed by atoms with Gasteiger partial charge >= 0.3 is 0 Å². The van der Waals surface area contributed by atoms with Gasteiger partial charge in [-0.15, -0.1) is 0 Å². The molecule has 0 radical (unpaired) electrons. The van der Waals surface area contributed by atoms with Crippen LogP contribution in [0.4, 0.5) is 5.82 Å². The molecule has 0 amide bonds. The van der Waals surface area contributed by atoms with E-state index in [2.05, 4.69) is 17.9 Å². The Kier molecular flexibility index (Phi) is 3.16. The van der Waals surface area contributed by atoms with E-state index in [9.17, 15) is 5.26 Å². The van der Waals surface area contributed by atoms with Gasteiger partial charge in [-0.05, 0) is 56.7 Å². The smallest absolute Gasteiger partial charge is 0.147 e. The van der Waals surface area contributed by atoms with Gasteiger partial charge < -0.3 is 10.6 Å². The van der Waals surface area contributed by atoms with Crippen LogP contribution in [0, 0.1) is 17.2 Å². The fourth-order valence-corrected chi connectivity index (χ4v) is 3.37. The minimum atomic E-state index is 0.424. The van der Waals surface area contributed by atoms with E-state index in [-0.39, 0.29) is 0 Å². The first-order valence-corrected chi connectivity index (χ1v) is 7.12. The topological polar surface area (TPSA) is 65.9 Å². The molecule has 0 saturated carbocycles. The molecule has 2 unspecified atom stereocenters. The highest BCUT2D eigenvalue weighted by Gasteiger charge is 2.31. The van der Waals surface area contributed by atoms with Crippen molar-refractivity contribution in [3.8, 4) is 6.07 Å². The number of aromatic nitrogens is 1. The van der Waals surface area contributed by atoms with Crippen LogP contribution in [0.1, 0.15) is 36.6 Å². The molecule has 1 aliphatic carbocycles. The summed E-state index contributed by atoms with van der Waals surface area (Å²) in [4.78, 5) is 7.06. The number of nitrogens with zero attached hydrogens (tertiary/aromatic N) is 3. The second kappa shape index (κ2) is 4.82. The quantitative estimate of drug-likeness (QED) is 0.873. The van der Waals surface area contributed by atoms with Gasteiger partial charge in [-0.1, -0.05) is 0 Å². The fourth-order valence-electron chi connectivity index (χ4n) is 3.37. The molecule has 1 saturated heterocycles. The Labute approximate surface area is 114 Å². The van der Waals surface area contributed by atoms with E-state index in [4.69, 9.17) is 10.7 Å². The Bertz CT molecular complexity index is 532. The number of rotatable bonds is 2. The first-order chi connectivity index (χ1) is 9.22. The van der Waals surface area contributed by atoms with Gasteiger partial charge in [-0.2, -0.15) is 5.26 Å². The van der Waals surface area contributed by atoms with Crippen molar-refractivity contribution < 1.29 is 0 Å². The van der Waals surface area contributed by atoms with Gasteiger partial charge in [-0.3, -0.25) is 0 Å². The van der Waals surface area contributed by atoms with Crippen LogP contribution in [0.25, 0.3) is 0 Å². The molecule has 4 nitrogen and oxygen atoms in total. The predicted molar refractivity (Wildman–Crippen MR) is 74.9 cm³/mol. The van der Waals surface area contributed by atoms with Gasteiger partial charge in [0.15, 0.2) is 0 Å². The molecule has 1 aromatic rings. The molecular formula is C15H20N4. The highest BCUT2D eigenvalue weighted by molar-refractivity contribution is 5.58. The van der Waals surface area contributed by atoms with Gasteiger partial charge in [0.25, 0.3) is 0 Å². The minimum absolute atomic E-state index is 0.424. The molecule has 2 aliphatic rings. The second-order valence-electron chi connectivity index (χ2n) is 5.77. The van der Waals surface area contributed by atoms with Crippen LogP contribution in [0.2, 0.25) is 0 Å². The lowest BCUT2D eigenvalue weighted by molar-refractivity contribution is 0.579. The van der Waals surface area contributed by atoms with Crippen molar-refractivity contribution in [2.75, 3.05) is 18.0 Å². The van der Waals surface area contributed by atoms with E-state index in [0.717, 1.165) is 43.6 Å². The normalized spacial score (nSPS) is 25.4. The fraction of sp³-hybridized carbons (Fsp3) is 0.600. The number of fused-ring (bicyclic) bond motifs is 1. The monoisotopic (exact) mass is 256 g/mol. The first kappa shape index (κ1) is 12.4. The lowest BCUT2D eigenvalue weighted by Crippen LogP contribution is -2.29. The van der Waals surface area contributed by atoms with Gasteiger partial charge in [-0.25, -0.2) is 4.98 Å². The summed E-state index contributed by atoms with van der Waals surface area (Å²) in [5.41, 5.74) is 8.97. The van der Waals surface area contributed by atoms with Crippen molar-refractivity contribution in [1.82, 2.24) is 4.98 Å². The van der Waals surface area contributed by atoms with Gasteiger partial charge in [0.2, 0.25) is 0 Å². The zero-order valence-corrected chi connectivity index (χ0v) is 11.4. The molecule has 1 fully saturated rings. The average molecular weight is 256 g/mol. The van der Waals surface area contributed by atoms with Gasteiger partial charge in [0, 0.05) is 18.3 Å².